The summed E-state index contributed by atoms with van der Waals surface area (Å²) in [6.45, 7) is 0.0106. The van der Waals surface area contributed by atoms with Crippen molar-refractivity contribution in [3.8, 4) is 11.8 Å². The van der Waals surface area contributed by atoms with Gasteiger partial charge in [0.15, 0.2) is 6.61 Å². The highest BCUT2D eigenvalue weighted by atomic mass is 79.9. The number of carbonyl (C=O) groups excluding carboxylic acids is 1. The van der Waals surface area contributed by atoms with E-state index in [4.69, 9.17) is 10.00 Å². The summed E-state index contributed by atoms with van der Waals surface area (Å²) in [5.41, 5.74) is 0.933. The maximum Gasteiger partial charge on any atom is 0.211 e. The first-order chi connectivity index (χ1) is 9.20. The predicted molar refractivity (Wildman–Crippen MR) is 77.6 cm³/mol. The van der Waals surface area contributed by atoms with Crippen LogP contribution >= 0.6 is 27.3 Å². The van der Waals surface area contributed by atoms with Gasteiger partial charge in [-0.25, -0.2) is 0 Å². The fourth-order valence-electron chi connectivity index (χ4n) is 1.50. The fourth-order valence-corrected chi connectivity index (χ4v) is 3.02. The van der Waals surface area contributed by atoms with Crippen LogP contribution < -0.4 is 4.74 Å². The first-order valence-corrected chi connectivity index (χ1v) is 7.23. The number of rotatable bonds is 5. The van der Waals surface area contributed by atoms with Crippen LogP contribution in [0.15, 0.2) is 40.2 Å². The molecule has 19 heavy (non-hydrogen) atoms. The molecule has 0 bridgehead atoms. The molecule has 0 fully saturated rings. The lowest BCUT2D eigenvalue weighted by atomic mass is 10.2. The van der Waals surface area contributed by atoms with E-state index < -0.39 is 0 Å². The molecule has 0 amide bonds. The van der Waals surface area contributed by atoms with Crippen molar-refractivity contribution in [1.29, 1.82) is 5.26 Å². The predicted octanol–water partition coefficient (Wildman–Crippen LogP) is 3.84. The van der Waals surface area contributed by atoms with Crippen LogP contribution in [0.2, 0.25) is 0 Å². The lowest BCUT2D eigenvalue weighted by molar-refractivity contribution is 0.0925. The van der Waals surface area contributed by atoms with Gasteiger partial charge in [-0.1, -0.05) is 12.1 Å². The number of nitrogens with zero attached hydrogens (tertiary/aromatic N) is 1. The second-order valence-corrected chi connectivity index (χ2v) is 5.56. The van der Waals surface area contributed by atoms with Gasteiger partial charge in [-0.2, -0.15) is 5.26 Å². The van der Waals surface area contributed by atoms with Gasteiger partial charge in [0.05, 0.1) is 17.4 Å². The topological polar surface area (TPSA) is 50.1 Å². The third-order valence-electron chi connectivity index (χ3n) is 2.45. The molecule has 3 nitrogen and oxygen atoms in total. The molecule has 96 valence electrons. The van der Waals surface area contributed by atoms with Gasteiger partial charge < -0.3 is 4.74 Å². The number of ketones is 1. The molecule has 5 heteroatoms. The Balaban J connectivity index is 1.94. The Morgan fingerprint density at radius 1 is 1.32 bits per heavy atom. The van der Waals surface area contributed by atoms with E-state index in [1.807, 2.05) is 23.6 Å². The lowest BCUT2D eigenvalue weighted by Gasteiger charge is -2.05. The van der Waals surface area contributed by atoms with Crippen LogP contribution in [0.4, 0.5) is 0 Å². The molecule has 0 saturated heterocycles. The van der Waals surface area contributed by atoms with Gasteiger partial charge in [0.2, 0.25) is 5.78 Å². The normalized spacial score (nSPS) is 9.89. The number of ether oxygens (including phenoxy) is 1. The number of hydrogen-bond acceptors (Lipinski definition) is 4. The molecule has 0 unspecified atom stereocenters. The van der Waals surface area contributed by atoms with Crippen molar-refractivity contribution < 1.29 is 9.53 Å². The Labute approximate surface area is 123 Å². The lowest BCUT2D eigenvalue weighted by Crippen LogP contribution is -2.10. The molecule has 0 aliphatic rings. The van der Waals surface area contributed by atoms with Crippen molar-refractivity contribution in [3.05, 3.63) is 50.6 Å². The highest BCUT2D eigenvalue weighted by molar-refractivity contribution is 9.10. The highest BCUT2D eigenvalue weighted by Gasteiger charge is 2.12. The summed E-state index contributed by atoms with van der Waals surface area (Å²) in [7, 11) is 0. The number of carbonyl (C=O) groups is 1. The van der Waals surface area contributed by atoms with E-state index >= 15 is 0 Å². The van der Waals surface area contributed by atoms with Crippen LogP contribution in [0.5, 0.6) is 5.75 Å². The quantitative estimate of drug-likeness (QED) is 0.780. The van der Waals surface area contributed by atoms with E-state index in [-0.39, 0.29) is 12.4 Å². The van der Waals surface area contributed by atoms with E-state index in [0.29, 0.717) is 17.0 Å². The first kappa shape index (κ1) is 13.8. The smallest absolute Gasteiger partial charge is 0.211 e. The molecule has 0 atom stereocenters. The Bertz CT molecular complexity index is 613. The van der Waals surface area contributed by atoms with Crippen LogP contribution in [0.3, 0.4) is 0 Å². The Hall–Kier alpha value is -1.64. The Morgan fingerprint density at radius 3 is 2.63 bits per heavy atom. The summed E-state index contributed by atoms with van der Waals surface area (Å²) in [5.74, 6) is 0.575. The van der Waals surface area contributed by atoms with Gasteiger partial charge in [0.1, 0.15) is 5.75 Å². The van der Waals surface area contributed by atoms with E-state index in [1.165, 1.54) is 11.3 Å². The fraction of sp³-hybridized carbons (Fsp3) is 0.143. The van der Waals surface area contributed by atoms with Crippen molar-refractivity contribution in [1.82, 2.24) is 0 Å². The minimum Gasteiger partial charge on any atom is -0.485 e. The average molecular weight is 336 g/mol. The van der Waals surface area contributed by atoms with Gasteiger partial charge in [-0.3, -0.25) is 4.79 Å². The van der Waals surface area contributed by atoms with Crippen LogP contribution in [-0.4, -0.2) is 12.4 Å². The second kappa shape index (κ2) is 6.50. The van der Waals surface area contributed by atoms with Crippen LogP contribution in [0, 0.1) is 11.3 Å². The monoisotopic (exact) mass is 335 g/mol. The SMILES string of the molecule is N#CCc1ccc(OCC(=O)c2sccc2Br)cc1. The number of thiophene rings is 1. The third-order valence-corrected chi connectivity index (χ3v) is 4.33. The summed E-state index contributed by atoms with van der Waals surface area (Å²) in [5, 5.41) is 10.4. The van der Waals surface area contributed by atoms with E-state index in [9.17, 15) is 4.79 Å². The van der Waals surface area contributed by atoms with Gasteiger partial charge in [-0.15, -0.1) is 11.3 Å². The summed E-state index contributed by atoms with van der Waals surface area (Å²) >= 11 is 4.71. The molecule has 2 aromatic rings. The molecule has 1 aromatic heterocycles. The molecule has 0 N–H and O–H groups in total. The zero-order valence-electron chi connectivity index (χ0n) is 9.93. The van der Waals surface area contributed by atoms with Gasteiger partial charge in [0, 0.05) is 4.47 Å². The van der Waals surface area contributed by atoms with Crippen molar-refractivity contribution in [2.45, 2.75) is 6.42 Å². The molecule has 2 rings (SSSR count). The number of Topliss-reactive ketones (excluding diaryl/α,β-unsaturated/α-hetero) is 1. The second-order valence-electron chi connectivity index (χ2n) is 3.79. The molecule has 0 aliphatic heterocycles. The van der Waals surface area contributed by atoms with Crippen LogP contribution in [0.1, 0.15) is 15.2 Å². The van der Waals surface area contributed by atoms with E-state index in [0.717, 1.165) is 10.0 Å². The molecule has 0 aliphatic carbocycles. The summed E-state index contributed by atoms with van der Waals surface area (Å²) in [6, 6.07) is 11.1. The molecule has 0 spiro atoms. The first-order valence-electron chi connectivity index (χ1n) is 5.55. The number of halogens is 1. The maximum atomic E-state index is 11.9. The molecule has 0 radical (unpaired) electrons. The highest BCUT2D eigenvalue weighted by Crippen LogP contribution is 2.23. The van der Waals surface area contributed by atoms with E-state index in [1.54, 1.807) is 12.1 Å². The molecular formula is C14H10BrNO2S. The van der Waals surface area contributed by atoms with Gasteiger partial charge >= 0.3 is 0 Å². The average Bonchev–Trinajstić information content (AvgIpc) is 2.84. The molecular weight excluding hydrogens is 326 g/mol. The van der Waals surface area contributed by atoms with Gasteiger partial charge in [-0.05, 0) is 45.1 Å². The summed E-state index contributed by atoms with van der Waals surface area (Å²) < 4.78 is 6.23. The number of nitriles is 1. The molecule has 1 aromatic carbocycles. The third kappa shape index (κ3) is 3.66. The van der Waals surface area contributed by atoms with Crippen molar-refractivity contribution in [3.63, 3.8) is 0 Å². The maximum absolute atomic E-state index is 11.9. The zero-order valence-corrected chi connectivity index (χ0v) is 12.3. The largest absolute Gasteiger partial charge is 0.485 e. The summed E-state index contributed by atoms with van der Waals surface area (Å²) in [6.07, 6.45) is 0.376. The minimum absolute atomic E-state index is 0.0106. The standard InChI is InChI=1S/C14H10BrNO2S/c15-12-6-8-19-14(12)13(17)9-18-11-3-1-10(2-4-11)5-7-16/h1-4,6,8H,5,9H2. The van der Waals surface area contributed by atoms with Crippen molar-refractivity contribution in [2.75, 3.05) is 6.61 Å². The zero-order chi connectivity index (χ0) is 13.7. The number of benzene rings is 1. The number of hydrogen-bond donors (Lipinski definition) is 0. The molecule has 1 heterocycles. The Morgan fingerprint density at radius 2 is 2.05 bits per heavy atom. The van der Waals surface area contributed by atoms with Crippen LogP contribution in [-0.2, 0) is 6.42 Å². The minimum atomic E-state index is -0.0528. The van der Waals surface area contributed by atoms with Crippen LogP contribution in [0.25, 0.3) is 0 Å². The molecule has 0 saturated carbocycles. The van der Waals surface area contributed by atoms with E-state index in [2.05, 4.69) is 22.0 Å². The van der Waals surface area contributed by atoms with Gasteiger partial charge in [0.25, 0.3) is 0 Å². The van der Waals surface area contributed by atoms with Crippen molar-refractivity contribution >= 4 is 33.0 Å². The van der Waals surface area contributed by atoms with Crippen molar-refractivity contribution in [2.24, 2.45) is 0 Å². The Kier molecular flexibility index (Phi) is 4.72. The summed E-state index contributed by atoms with van der Waals surface area (Å²) in [4.78, 5) is 12.5.